The minimum absolute atomic E-state index is 0.628. The van der Waals surface area contributed by atoms with E-state index in [2.05, 4.69) is 0 Å². The van der Waals surface area contributed by atoms with Crippen LogP contribution in [0, 0.1) is 0 Å². The lowest BCUT2D eigenvalue weighted by atomic mass is 9.65. The molecule has 0 amide bonds. The Balaban J connectivity index is 2.48. The molecule has 1 aromatic rings. The normalized spacial score (nSPS) is 25.8. The van der Waals surface area contributed by atoms with Gasteiger partial charge in [-0.1, -0.05) is 24.3 Å². The van der Waals surface area contributed by atoms with Crippen LogP contribution in [-0.2, 0) is 16.6 Å². The van der Waals surface area contributed by atoms with Gasteiger partial charge in [-0.3, -0.25) is 4.79 Å². The summed E-state index contributed by atoms with van der Waals surface area (Å²) in [6, 6.07) is 7.71. The third kappa shape index (κ3) is 0.721. The molecule has 12 heavy (non-hydrogen) atoms. The smallest absolute Gasteiger partial charge is 0.314 e. The fourth-order valence-electron chi connectivity index (χ4n) is 1.77. The van der Waals surface area contributed by atoms with Crippen LogP contribution < -0.4 is 0 Å². The minimum atomic E-state index is -0.721. The molecule has 2 rings (SSSR count). The number of rotatable bonds is 1. The molecule has 0 heterocycles. The summed E-state index contributed by atoms with van der Waals surface area (Å²) in [5.74, 6) is -0.721. The van der Waals surface area contributed by atoms with Crippen molar-refractivity contribution in [2.24, 2.45) is 0 Å². The average Bonchev–Trinajstić information content (AvgIpc) is 2.02. The Morgan fingerprint density at radius 3 is 2.75 bits per heavy atom. The van der Waals surface area contributed by atoms with E-state index >= 15 is 0 Å². The molecular weight excluding hydrogens is 152 g/mol. The second-order valence-corrected chi connectivity index (χ2v) is 3.47. The molecule has 1 atom stereocenters. The first-order valence-electron chi connectivity index (χ1n) is 3.96. The molecule has 1 aliphatic rings. The monoisotopic (exact) mass is 162 g/mol. The van der Waals surface area contributed by atoms with Crippen LogP contribution in [0.15, 0.2) is 24.3 Å². The number of carbonyl (C=O) groups is 1. The predicted octanol–water partition coefficient (Wildman–Crippen LogP) is 1.58. The maximum Gasteiger partial charge on any atom is 0.314 e. The van der Waals surface area contributed by atoms with Crippen molar-refractivity contribution >= 4 is 5.97 Å². The molecule has 0 unspecified atom stereocenters. The maximum atomic E-state index is 10.9. The van der Waals surface area contributed by atoms with Gasteiger partial charge in [0.2, 0.25) is 0 Å². The molecule has 1 aromatic carbocycles. The van der Waals surface area contributed by atoms with Gasteiger partial charge in [0, 0.05) is 0 Å². The van der Waals surface area contributed by atoms with Crippen molar-refractivity contribution in [2.45, 2.75) is 18.8 Å². The zero-order valence-electron chi connectivity index (χ0n) is 6.87. The van der Waals surface area contributed by atoms with E-state index in [0.717, 1.165) is 5.56 Å². The molecule has 0 fully saturated rings. The van der Waals surface area contributed by atoms with Gasteiger partial charge in [0.05, 0.1) is 5.41 Å². The van der Waals surface area contributed by atoms with E-state index in [9.17, 15) is 4.79 Å². The minimum Gasteiger partial charge on any atom is -0.481 e. The van der Waals surface area contributed by atoms with Crippen LogP contribution in [0.4, 0.5) is 0 Å². The van der Waals surface area contributed by atoms with Crippen molar-refractivity contribution in [1.82, 2.24) is 0 Å². The molecule has 0 saturated heterocycles. The van der Waals surface area contributed by atoms with Crippen LogP contribution in [0.2, 0.25) is 0 Å². The largest absolute Gasteiger partial charge is 0.481 e. The van der Waals surface area contributed by atoms with Gasteiger partial charge in [-0.15, -0.1) is 0 Å². The van der Waals surface area contributed by atoms with Crippen LogP contribution in [0.25, 0.3) is 0 Å². The molecular formula is C10H10O2. The van der Waals surface area contributed by atoms with Gasteiger partial charge in [-0.2, -0.15) is 0 Å². The van der Waals surface area contributed by atoms with Crippen LogP contribution in [0.5, 0.6) is 0 Å². The van der Waals surface area contributed by atoms with Gasteiger partial charge in [0.1, 0.15) is 0 Å². The van der Waals surface area contributed by atoms with Crippen molar-refractivity contribution in [3.05, 3.63) is 35.4 Å². The fraction of sp³-hybridized carbons (Fsp3) is 0.300. The molecule has 0 radical (unpaired) electrons. The van der Waals surface area contributed by atoms with Gasteiger partial charge in [0.15, 0.2) is 0 Å². The predicted molar refractivity (Wildman–Crippen MR) is 45.1 cm³/mol. The van der Waals surface area contributed by atoms with E-state index in [1.54, 1.807) is 6.92 Å². The molecule has 62 valence electrons. The Hall–Kier alpha value is -1.31. The summed E-state index contributed by atoms with van der Waals surface area (Å²) in [6.45, 7) is 1.78. The van der Waals surface area contributed by atoms with E-state index in [0.29, 0.717) is 6.42 Å². The summed E-state index contributed by atoms with van der Waals surface area (Å²) < 4.78 is 0. The maximum absolute atomic E-state index is 10.9. The summed E-state index contributed by atoms with van der Waals surface area (Å²) >= 11 is 0. The number of fused-ring (bicyclic) bond motifs is 1. The van der Waals surface area contributed by atoms with E-state index < -0.39 is 11.4 Å². The first-order chi connectivity index (χ1) is 5.64. The Morgan fingerprint density at radius 2 is 2.17 bits per heavy atom. The zero-order valence-corrected chi connectivity index (χ0v) is 6.87. The Kier molecular flexibility index (Phi) is 1.28. The second-order valence-electron chi connectivity index (χ2n) is 3.47. The van der Waals surface area contributed by atoms with Gasteiger partial charge in [0.25, 0.3) is 0 Å². The lowest BCUT2D eigenvalue weighted by Crippen LogP contribution is -2.43. The molecule has 0 aliphatic heterocycles. The summed E-state index contributed by atoms with van der Waals surface area (Å²) in [4.78, 5) is 10.9. The van der Waals surface area contributed by atoms with E-state index in [1.165, 1.54) is 5.56 Å². The van der Waals surface area contributed by atoms with Crippen molar-refractivity contribution in [2.75, 3.05) is 0 Å². The number of hydrogen-bond acceptors (Lipinski definition) is 1. The van der Waals surface area contributed by atoms with Crippen molar-refractivity contribution < 1.29 is 9.90 Å². The molecule has 0 bridgehead atoms. The standard InChI is InChI=1S/C10H10O2/c1-10(9(11)12)6-7-4-2-3-5-8(7)10/h2-5H,6H2,1H3,(H,11,12)/t10-/m0/s1. The SMILES string of the molecule is C[C@]1(C(=O)O)Cc2ccccc21. The molecule has 2 heteroatoms. The number of carboxylic acid groups (broad SMARTS) is 1. The number of hydrogen-bond donors (Lipinski definition) is 1. The quantitative estimate of drug-likeness (QED) is 0.680. The third-order valence-corrected chi connectivity index (χ3v) is 2.63. The van der Waals surface area contributed by atoms with Gasteiger partial charge < -0.3 is 5.11 Å². The first kappa shape index (κ1) is 7.35. The topological polar surface area (TPSA) is 37.3 Å². The summed E-state index contributed by atoms with van der Waals surface area (Å²) in [6.07, 6.45) is 0.665. The zero-order chi connectivity index (χ0) is 8.77. The Morgan fingerprint density at radius 1 is 1.50 bits per heavy atom. The lowest BCUT2D eigenvalue weighted by Gasteiger charge is -2.37. The highest BCUT2D eigenvalue weighted by Crippen LogP contribution is 2.40. The van der Waals surface area contributed by atoms with Gasteiger partial charge >= 0.3 is 5.97 Å². The number of carboxylic acids is 1. The number of benzene rings is 1. The van der Waals surface area contributed by atoms with Crippen LogP contribution in [0.3, 0.4) is 0 Å². The molecule has 1 N–H and O–H groups in total. The molecule has 2 nitrogen and oxygen atoms in total. The molecule has 0 spiro atoms. The van der Waals surface area contributed by atoms with Gasteiger partial charge in [-0.05, 0) is 24.5 Å². The second kappa shape index (κ2) is 2.09. The fourth-order valence-corrected chi connectivity index (χ4v) is 1.77. The lowest BCUT2D eigenvalue weighted by molar-refractivity contribution is -0.144. The highest BCUT2D eigenvalue weighted by atomic mass is 16.4. The van der Waals surface area contributed by atoms with Crippen molar-refractivity contribution in [3.8, 4) is 0 Å². The highest BCUT2D eigenvalue weighted by molar-refractivity contribution is 5.85. The summed E-state index contributed by atoms with van der Waals surface area (Å²) in [7, 11) is 0. The Labute approximate surface area is 70.8 Å². The summed E-state index contributed by atoms with van der Waals surface area (Å²) in [5, 5.41) is 8.94. The van der Waals surface area contributed by atoms with E-state index in [1.807, 2.05) is 24.3 Å². The highest BCUT2D eigenvalue weighted by Gasteiger charge is 2.44. The number of aliphatic carboxylic acids is 1. The third-order valence-electron chi connectivity index (χ3n) is 2.63. The van der Waals surface area contributed by atoms with Gasteiger partial charge in [-0.25, -0.2) is 0 Å². The van der Waals surface area contributed by atoms with E-state index in [-0.39, 0.29) is 0 Å². The van der Waals surface area contributed by atoms with Crippen molar-refractivity contribution in [1.29, 1.82) is 0 Å². The average molecular weight is 162 g/mol. The first-order valence-corrected chi connectivity index (χ1v) is 3.96. The molecule has 0 saturated carbocycles. The summed E-state index contributed by atoms with van der Waals surface area (Å²) in [5.41, 5.74) is 1.51. The molecule has 0 aromatic heterocycles. The van der Waals surface area contributed by atoms with Crippen LogP contribution >= 0.6 is 0 Å². The van der Waals surface area contributed by atoms with Crippen LogP contribution in [0.1, 0.15) is 18.1 Å². The van der Waals surface area contributed by atoms with E-state index in [4.69, 9.17) is 5.11 Å². The van der Waals surface area contributed by atoms with Crippen molar-refractivity contribution in [3.63, 3.8) is 0 Å². The van der Waals surface area contributed by atoms with Crippen LogP contribution in [-0.4, -0.2) is 11.1 Å². The Bertz CT molecular complexity index is 343. The molecule has 1 aliphatic carbocycles.